The van der Waals surface area contributed by atoms with E-state index in [-0.39, 0.29) is 24.2 Å². The Morgan fingerprint density at radius 2 is 1.92 bits per heavy atom. The maximum absolute atomic E-state index is 12.3. The number of hydrogen-bond acceptors (Lipinski definition) is 5. The van der Waals surface area contributed by atoms with Crippen LogP contribution < -0.4 is 4.90 Å². The van der Waals surface area contributed by atoms with E-state index in [1.807, 2.05) is 37.4 Å². The third-order valence-corrected chi connectivity index (χ3v) is 3.66. The van der Waals surface area contributed by atoms with Crippen molar-refractivity contribution in [2.24, 2.45) is 0 Å². The van der Waals surface area contributed by atoms with Crippen LogP contribution in [-0.4, -0.2) is 29.6 Å². The lowest BCUT2D eigenvalue weighted by Gasteiger charge is -2.17. The molecule has 2 rings (SSSR count). The number of carbonyl (C=O) groups excluding carboxylic acids is 1. The summed E-state index contributed by atoms with van der Waals surface area (Å²) in [6.07, 6.45) is -0.371. The highest BCUT2D eigenvalue weighted by Crippen LogP contribution is 2.20. The molecule has 0 atom stereocenters. The van der Waals surface area contributed by atoms with Crippen LogP contribution in [-0.2, 0) is 4.74 Å². The Morgan fingerprint density at radius 3 is 2.52 bits per heavy atom. The third-order valence-electron chi connectivity index (χ3n) is 3.66. The lowest BCUT2D eigenvalue weighted by molar-refractivity contribution is 0.0506. The van der Waals surface area contributed by atoms with Crippen molar-refractivity contribution in [3.8, 4) is 0 Å². The molecule has 0 aliphatic heterocycles. The fraction of sp³-hybridized carbons (Fsp3) is 0.278. The summed E-state index contributed by atoms with van der Waals surface area (Å²) < 4.78 is 29.6. The number of aromatic nitrogens is 2. The summed E-state index contributed by atoms with van der Waals surface area (Å²) >= 11 is 0. The first kappa shape index (κ1) is 18.5. The number of halogens is 2. The topological polar surface area (TPSA) is 55.3 Å². The van der Waals surface area contributed by atoms with Gasteiger partial charge in [0.2, 0.25) is 5.95 Å². The lowest BCUT2D eigenvalue weighted by Crippen LogP contribution is -2.16. The van der Waals surface area contributed by atoms with Crippen molar-refractivity contribution >= 4 is 17.6 Å². The molecule has 1 aromatic carbocycles. The summed E-state index contributed by atoms with van der Waals surface area (Å²) in [5.41, 5.74) is 1.49. The van der Waals surface area contributed by atoms with E-state index in [1.54, 1.807) is 11.8 Å². The number of anilines is 2. The molecule has 25 heavy (non-hydrogen) atoms. The summed E-state index contributed by atoms with van der Waals surface area (Å²) in [6.45, 7) is 2.85. The summed E-state index contributed by atoms with van der Waals surface area (Å²) in [7, 11) is 1.82. The number of carbonyl (C=O) groups is 1. The molecule has 1 heterocycles. The van der Waals surface area contributed by atoms with Crippen LogP contribution in [0.15, 0.2) is 48.2 Å². The van der Waals surface area contributed by atoms with Crippen LogP contribution in [0.3, 0.4) is 0 Å². The van der Waals surface area contributed by atoms with E-state index in [1.165, 1.54) is 13.1 Å². The summed E-state index contributed by atoms with van der Waals surface area (Å²) in [4.78, 5) is 22.4. The second kappa shape index (κ2) is 8.32. The van der Waals surface area contributed by atoms with Gasteiger partial charge < -0.3 is 9.64 Å². The van der Waals surface area contributed by atoms with Crippen LogP contribution in [0.4, 0.5) is 20.4 Å². The molecular formula is C18H19F2N3O2. The van der Waals surface area contributed by atoms with Gasteiger partial charge in [0.25, 0.3) is 6.08 Å². The van der Waals surface area contributed by atoms with E-state index in [9.17, 15) is 13.6 Å². The molecule has 1 aromatic heterocycles. The standard InChI is InChI=1S/C18H19F2N3O2/c1-12(16(19)20)9-10-25-17(24)15-11-21-18(22-13(15)2)23(3)14-7-5-4-6-8-14/h4-8,11H,9-10H2,1-3H3. The van der Waals surface area contributed by atoms with Crippen LogP contribution in [0.25, 0.3) is 0 Å². The van der Waals surface area contributed by atoms with Gasteiger partial charge in [-0.05, 0) is 31.6 Å². The van der Waals surface area contributed by atoms with Crippen molar-refractivity contribution in [3.63, 3.8) is 0 Å². The molecule has 0 fully saturated rings. The molecule has 5 nitrogen and oxygen atoms in total. The number of nitrogens with zero attached hydrogens (tertiary/aromatic N) is 3. The van der Waals surface area contributed by atoms with E-state index < -0.39 is 12.0 Å². The highest BCUT2D eigenvalue weighted by atomic mass is 19.3. The Kier molecular flexibility index (Phi) is 6.16. The van der Waals surface area contributed by atoms with Crippen LogP contribution >= 0.6 is 0 Å². The molecule has 0 unspecified atom stereocenters. The fourth-order valence-electron chi connectivity index (χ4n) is 2.05. The Morgan fingerprint density at radius 1 is 1.24 bits per heavy atom. The van der Waals surface area contributed by atoms with E-state index in [2.05, 4.69) is 9.97 Å². The zero-order valence-corrected chi connectivity index (χ0v) is 14.3. The van der Waals surface area contributed by atoms with Gasteiger partial charge in [-0.25, -0.2) is 14.8 Å². The molecule has 0 amide bonds. The second-order valence-electron chi connectivity index (χ2n) is 5.49. The summed E-state index contributed by atoms with van der Waals surface area (Å²) in [5, 5.41) is 0. The van der Waals surface area contributed by atoms with Gasteiger partial charge in [-0.1, -0.05) is 18.2 Å². The summed E-state index contributed by atoms with van der Waals surface area (Å²) in [5.74, 6) is -0.183. The highest BCUT2D eigenvalue weighted by molar-refractivity contribution is 5.90. The number of benzene rings is 1. The van der Waals surface area contributed by atoms with Gasteiger partial charge in [0, 0.05) is 25.4 Å². The van der Waals surface area contributed by atoms with E-state index in [0.717, 1.165) is 5.69 Å². The molecule has 0 saturated heterocycles. The SMILES string of the molecule is CC(CCOC(=O)c1cnc(N(C)c2ccccc2)nc1C)=C(F)F. The number of aryl methyl sites for hydroxylation is 1. The molecule has 0 saturated carbocycles. The van der Waals surface area contributed by atoms with Crippen LogP contribution in [0.5, 0.6) is 0 Å². The van der Waals surface area contributed by atoms with Gasteiger partial charge in [-0.3, -0.25) is 0 Å². The number of hydrogen-bond donors (Lipinski definition) is 0. The maximum Gasteiger partial charge on any atom is 0.341 e. The number of ether oxygens (including phenoxy) is 1. The van der Waals surface area contributed by atoms with Gasteiger partial charge in [0.05, 0.1) is 17.9 Å². The molecule has 0 spiro atoms. The Hall–Kier alpha value is -2.83. The first-order chi connectivity index (χ1) is 11.9. The van der Waals surface area contributed by atoms with Gasteiger partial charge in [-0.2, -0.15) is 8.78 Å². The van der Waals surface area contributed by atoms with Gasteiger partial charge >= 0.3 is 5.97 Å². The first-order valence-electron chi connectivity index (χ1n) is 7.70. The predicted molar refractivity (Wildman–Crippen MR) is 91.1 cm³/mol. The average molecular weight is 347 g/mol. The molecule has 0 aliphatic carbocycles. The van der Waals surface area contributed by atoms with Crippen molar-refractivity contribution in [1.82, 2.24) is 9.97 Å². The number of para-hydroxylation sites is 1. The molecule has 0 bridgehead atoms. The Balaban J connectivity index is 2.06. The second-order valence-corrected chi connectivity index (χ2v) is 5.49. The highest BCUT2D eigenvalue weighted by Gasteiger charge is 2.15. The van der Waals surface area contributed by atoms with Crippen molar-refractivity contribution in [1.29, 1.82) is 0 Å². The molecule has 0 radical (unpaired) electrons. The van der Waals surface area contributed by atoms with E-state index >= 15 is 0 Å². The minimum Gasteiger partial charge on any atom is -0.462 e. The van der Waals surface area contributed by atoms with Crippen LogP contribution in [0, 0.1) is 6.92 Å². The molecule has 2 aromatic rings. The maximum atomic E-state index is 12.3. The van der Waals surface area contributed by atoms with Crippen molar-refractivity contribution < 1.29 is 18.3 Å². The smallest absolute Gasteiger partial charge is 0.341 e. The largest absolute Gasteiger partial charge is 0.462 e. The van der Waals surface area contributed by atoms with Gasteiger partial charge in [0.1, 0.15) is 0 Å². The summed E-state index contributed by atoms with van der Waals surface area (Å²) in [6, 6.07) is 9.55. The molecular weight excluding hydrogens is 328 g/mol. The monoisotopic (exact) mass is 347 g/mol. The van der Waals surface area contributed by atoms with E-state index in [0.29, 0.717) is 11.6 Å². The zero-order valence-electron chi connectivity index (χ0n) is 14.3. The molecule has 7 heteroatoms. The molecule has 132 valence electrons. The van der Waals surface area contributed by atoms with Gasteiger partial charge in [-0.15, -0.1) is 0 Å². The normalized spacial score (nSPS) is 10.3. The zero-order chi connectivity index (χ0) is 18.4. The molecule has 0 aliphatic rings. The van der Waals surface area contributed by atoms with Crippen LogP contribution in [0.2, 0.25) is 0 Å². The number of rotatable bonds is 6. The first-order valence-corrected chi connectivity index (χ1v) is 7.70. The van der Waals surface area contributed by atoms with Crippen LogP contribution in [0.1, 0.15) is 29.4 Å². The van der Waals surface area contributed by atoms with Crippen molar-refractivity contribution in [3.05, 3.63) is 59.4 Å². The fourth-order valence-corrected chi connectivity index (χ4v) is 2.05. The predicted octanol–water partition coefficient (Wildman–Crippen LogP) is 4.27. The van der Waals surface area contributed by atoms with E-state index in [4.69, 9.17) is 4.74 Å². The minimum atomic E-state index is -1.75. The average Bonchev–Trinajstić information content (AvgIpc) is 2.61. The lowest BCUT2D eigenvalue weighted by atomic mass is 10.2. The van der Waals surface area contributed by atoms with Gasteiger partial charge in [0.15, 0.2) is 0 Å². The number of esters is 1. The molecule has 0 N–H and O–H groups in total. The van der Waals surface area contributed by atoms with Crippen molar-refractivity contribution in [2.75, 3.05) is 18.6 Å². The quantitative estimate of drug-likeness (QED) is 0.731. The third kappa shape index (κ3) is 4.82. The van der Waals surface area contributed by atoms with Crippen molar-refractivity contribution in [2.45, 2.75) is 20.3 Å². The Labute approximate surface area is 145 Å². The Bertz CT molecular complexity index is 775. The minimum absolute atomic E-state index is 0.0111.